The fourth-order valence-corrected chi connectivity index (χ4v) is 3.51. The van der Waals surface area contributed by atoms with E-state index in [1.165, 1.54) is 7.11 Å². The SMILES string of the molecule is CCOC(=O)c1n[nH]nc1-c1cc(Br)c(OCC(=O)NCCc2ccccc2)c(OC)c1. The quantitative estimate of drug-likeness (QED) is 0.409. The van der Waals surface area contributed by atoms with Crippen molar-refractivity contribution in [2.24, 2.45) is 0 Å². The van der Waals surface area contributed by atoms with Crippen LogP contribution in [0.15, 0.2) is 46.9 Å². The Labute approximate surface area is 193 Å². The van der Waals surface area contributed by atoms with Gasteiger partial charge in [0.25, 0.3) is 5.91 Å². The zero-order chi connectivity index (χ0) is 22.9. The van der Waals surface area contributed by atoms with Crippen LogP contribution in [0.25, 0.3) is 11.3 Å². The first-order valence-electron chi connectivity index (χ1n) is 9.92. The predicted molar refractivity (Wildman–Crippen MR) is 121 cm³/mol. The Bertz CT molecular complexity index is 1070. The van der Waals surface area contributed by atoms with E-state index < -0.39 is 5.97 Å². The Morgan fingerprint density at radius 3 is 2.66 bits per heavy atom. The minimum atomic E-state index is -0.584. The summed E-state index contributed by atoms with van der Waals surface area (Å²) in [7, 11) is 1.48. The summed E-state index contributed by atoms with van der Waals surface area (Å²) in [6.45, 7) is 2.26. The summed E-state index contributed by atoms with van der Waals surface area (Å²) in [5, 5.41) is 13.2. The van der Waals surface area contributed by atoms with Gasteiger partial charge in [-0.2, -0.15) is 10.3 Å². The molecule has 0 saturated heterocycles. The number of hydrogen-bond acceptors (Lipinski definition) is 7. The Kier molecular flexibility index (Phi) is 8.20. The average molecular weight is 503 g/mol. The fourth-order valence-electron chi connectivity index (χ4n) is 2.95. The van der Waals surface area contributed by atoms with Gasteiger partial charge in [0.2, 0.25) is 0 Å². The summed E-state index contributed by atoms with van der Waals surface area (Å²) in [5.41, 5.74) is 2.08. The van der Waals surface area contributed by atoms with Crippen LogP contribution in [0.3, 0.4) is 0 Å². The van der Waals surface area contributed by atoms with Crippen molar-refractivity contribution in [2.75, 3.05) is 26.9 Å². The highest BCUT2D eigenvalue weighted by molar-refractivity contribution is 9.10. The van der Waals surface area contributed by atoms with Gasteiger partial charge in [0.05, 0.1) is 18.2 Å². The minimum Gasteiger partial charge on any atom is -0.493 e. The summed E-state index contributed by atoms with van der Waals surface area (Å²) in [6.07, 6.45) is 0.731. The van der Waals surface area contributed by atoms with E-state index in [1.807, 2.05) is 30.3 Å². The van der Waals surface area contributed by atoms with E-state index in [-0.39, 0.29) is 24.8 Å². The lowest BCUT2D eigenvalue weighted by molar-refractivity contribution is -0.123. The van der Waals surface area contributed by atoms with Crippen molar-refractivity contribution < 1.29 is 23.8 Å². The first kappa shape index (κ1) is 23.3. The van der Waals surface area contributed by atoms with Crippen molar-refractivity contribution in [3.63, 3.8) is 0 Å². The smallest absolute Gasteiger partial charge is 0.361 e. The number of benzene rings is 2. The van der Waals surface area contributed by atoms with E-state index >= 15 is 0 Å². The number of esters is 1. The molecule has 1 heterocycles. The van der Waals surface area contributed by atoms with E-state index in [2.05, 4.69) is 36.7 Å². The maximum absolute atomic E-state index is 12.2. The van der Waals surface area contributed by atoms with Crippen molar-refractivity contribution >= 4 is 27.8 Å². The van der Waals surface area contributed by atoms with Crippen LogP contribution in [0.4, 0.5) is 0 Å². The predicted octanol–water partition coefficient (Wildman–Crippen LogP) is 3.16. The molecule has 1 aromatic heterocycles. The topological polar surface area (TPSA) is 115 Å². The molecule has 3 aromatic rings. The van der Waals surface area contributed by atoms with Crippen molar-refractivity contribution in [1.29, 1.82) is 0 Å². The van der Waals surface area contributed by atoms with Crippen molar-refractivity contribution in [3.8, 4) is 22.8 Å². The first-order chi connectivity index (χ1) is 15.5. The molecule has 0 spiro atoms. The summed E-state index contributed by atoms with van der Waals surface area (Å²) >= 11 is 3.44. The van der Waals surface area contributed by atoms with Crippen molar-refractivity contribution in [3.05, 3.63) is 58.2 Å². The Morgan fingerprint density at radius 2 is 1.94 bits per heavy atom. The molecule has 0 radical (unpaired) electrons. The lowest BCUT2D eigenvalue weighted by Crippen LogP contribution is -2.30. The number of aromatic amines is 1. The Morgan fingerprint density at radius 1 is 1.16 bits per heavy atom. The number of hydrogen-bond donors (Lipinski definition) is 2. The number of ether oxygens (including phenoxy) is 3. The van der Waals surface area contributed by atoms with Gasteiger partial charge in [-0.25, -0.2) is 4.79 Å². The molecule has 0 saturated carbocycles. The molecule has 2 N–H and O–H groups in total. The van der Waals surface area contributed by atoms with E-state index in [0.29, 0.717) is 33.8 Å². The number of rotatable bonds is 10. The second-order valence-electron chi connectivity index (χ2n) is 6.60. The molecular weight excluding hydrogens is 480 g/mol. The molecule has 9 nitrogen and oxygen atoms in total. The largest absolute Gasteiger partial charge is 0.493 e. The van der Waals surface area contributed by atoms with Gasteiger partial charge in [0.1, 0.15) is 5.69 Å². The molecule has 1 amide bonds. The van der Waals surface area contributed by atoms with Crippen LogP contribution >= 0.6 is 15.9 Å². The van der Waals surface area contributed by atoms with Gasteiger partial charge in [-0.3, -0.25) is 4.79 Å². The molecule has 0 bridgehead atoms. The third-order valence-corrected chi connectivity index (χ3v) is 5.03. The standard InChI is InChI=1S/C22H23BrN4O5/c1-3-31-22(29)20-19(25-27-26-20)15-11-16(23)21(17(12-15)30-2)32-13-18(28)24-10-9-14-7-5-4-6-8-14/h4-8,11-12H,3,9-10,13H2,1-2H3,(H,24,28)(H,25,26,27). The number of H-pyrrole nitrogens is 1. The van der Waals surface area contributed by atoms with Crippen LogP contribution < -0.4 is 14.8 Å². The third kappa shape index (κ3) is 5.85. The van der Waals surface area contributed by atoms with Crippen LogP contribution in [0.1, 0.15) is 23.0 Å². The lowest BCUT2D eigenvalue weighted by Gasteiger charge is -2.14. The highest BCUT2D eigenvalue weighted by atomic mass is 79.9. The minimum absolute atomic E-state index is 0.0623. The number of methoxy groups -OCH3 is 1. The molecule has 0 aliphatic carbocycles. The second-order valence-corrected chi connectivity index (χ2v) is 7.46. The number of aromatic nitrogens is 3. The number of nitrogens with one attached hydrogen (secondary N) is 2. The van der Waals surface area contributed by atoms with Gasteiger partial charge in [-0.15, -0.1) is 5.10 Å². The highest BCUT2D eigenvalue weighted by Crippen LogP contribution is 2.39. The van der Waals surface area contributed by atoms with Gasteiger partial charge in [0.15, 0.2) is 23.8 Å². The summed E-state index contributed by atoms with van der Waals surface area (Å²) in [6, 6.07) is 13.2. The second kappa shape index (κ2) is 11.3. The summed E-state index contributed by atoms with van der Waals surface area (Å²) in [4.78, 5) is 24.3. The monoisotopic (exact) mass is 502 g/mol. The summed E-state index contributed by atoms with van der Waals surface area (Å²) < 4.78 is 16.7. The van der Waals surface area contributed by atoms with Crippen LogP contribution in [0.2, 0.25) is 0 Å². The maximum Gasteiger partial charge on any atom is 0.361 e. The Balaban J connectivity index is 1.66. The zero-order valence-corrected chi connectivity index (χ0v) is 19.3. The molecule has 32 heavy (non-hydrogen) atoms. The number of carbonyl (C=O) groups is 2. The Hall–Kier alpha value is -3.40. The van der Waals surface area contributed by atoms with Crippen LogP contribution in [0.5, 0.6) is 11.5 Å². The lowest BCUT2D eigenvalue weighted by atomic mass is 10.1. The van der Waals surface area contributed by atoms with E-state index in [9.17, 15) is 9.59 Å². The molecule has 0 fully saturated rings. The highest BCUT2D eigenvalue weighted by Gasteiger charge is 2.22. The molecule has 2 aromatic carbocycles. The molecular formula is C22H23BrN4O5. The van der Waals surface area contributed by atoms with Crippen LogP contribution in [-0.2, 0) is 16.0 Å². The van der Waals surface area contributed by atoms with Gasteiger partial charge < -0.3 is 19.5 Å². The number of nitrogens with zero attached hydrogens (tertiary/aromatic N) is 2. The molecule has 10 heteroatoms. The fraction of sp³-hybridized carbons (Fsp3) is 0.273. The summed E-state index contributed by atoms with van der Waals surface area (Å²) in [5.74, 6) is -0.112. The van der Waals surface area contributed by atoms with Crippen LogP contribution in [0, 0.1) is 0 Å². The van der Waals surface area contributed by atoms with Crippen molar-refractivity contribution in [1.82, 2.24) is 20.7 Å². The molecule has 0 aliphatic heterocycles. The molecule has 3 rings (SSSR count). The van der Waals surface area contributed by atoms with E-state index in [1.54, 1.807) is 19.1 Å². The first-order valence-corrected chi connectivity index (χ1v) is 10.7. The molecule has 0 atom stereocenters. The van der Waals surface area contributed by atoms with Gasteiger partial charge >= 0.3 is 5.97 Å². The number of halogens is 1. The zero-order valence-electron chi connectivity index (χ0n) is 17.7. The average Bonchev–Trinajstić information content (AvgIpc) is 3.29. The van der Waals surface area contributed by atoms with Crippen LogP contribution in [-0.4, -0.2) is 54.2 Å². The molecule has 168 valence electrons. The normalized spacial score (nSPS) is 10.5. The van der Waals surface area contributed by atoms with Gasteiger partial charge in [-0.05, 0) is 47.0 Å². The maximum atomic E-state index is 12.2. The molecule has 0 unspecified atom stereocenters. The number of amides is 1. The van der Waals surface area contributed by atoms with Crippen molar-refractivity contribution in [2.45, 2.75) is 13.3 Å². The van der Waals surface area contributed by atoms with Gasteiger partial charge in [-0.1, -0.05) is 30.3 Å². The van der Waals surface area contributed by atoms with E-state index in [0.717, 1.165) is 12.0 Å². The number of carbonyl (C=O) groups excluding carboxylic acids is 2. The third-order valence-electron chi connectivity index (χ3n) is 4.45. The van der Waals surface area contributed by atoms with E-state index in [4.69, 9.17) is 14.2 Å². The van der Waals surface area contributed by atoms with Gasteiger partial charge in [0, 0.05) is 12.1 Å². The molecule has 0 aliphatic rings.